The van der Waals surface area contributed by atoms with Gasteiger partial charge in [0.25, 0.3) is 0 Å². The number of rotatable bonds is 14. The van der Waals surface area contributed by atoms with Gasteiger partial charge in [0, 0.05) is 6.42 Å². The van der Waals surface area contributed by atoms with E-state index in [4.69, 9.17) is 24.1 Å². The molecular weight excluding hydrogens is 240 g/mol. The molecule has 108 valence electrons. The Balaban J connectivity index is 2.92. The van der Waals surface area contributed by atoms with Crippen molar-refractivity contribution in [3.05, 3.63) is 0 Å². The Morgan fingerprint density at radius 1 is 0.778 bits per heavy atom. The van der Waals surface area contributed by atoms with E-state index in [2.05, 4.69) is 0 Å². The lowest BCUT2D eigenvalue weighted by molar-refractivity contribution is -0.118. The molecule has 0 aliphatic rings. The molecule has 1 N–H and O–H groups in total. The molecule has 6 nitrogen and oxygen atoms in total. The van der Waals surface area contributed by atoms with Crippen LogP contribution in [-0.2, 0) is 23.7 Å². The third kappa shape index (κ3) is 15.5. The summed E-state index contributed by atoms with van der Waals surface area (Å²) in [4.78, 5) is 10.6. The molecule has 0 aromatic carbocycles. The van der Waals surface area contributed by atoms with Gasteiger partial charge in [0.2, 0.25) is 0 Å². The van der Waals surface area contributed by atoms with E-state index in [1.54, 1.807) is 6.92 Å². The van der Waals surface area contributed by atoms with Gasteiger partial charge < -0.3 is 24.1 Å². The Morgan fingerprint density at radius 3 is 1.56 bits per heavy atom. The summed E-state index contributed by atoms with van der Waals surface area (Å²) in [6.07, 6.45) is 0.455. The van der Waals surface area contributed by atoms with Crippen LogP contribution in [0.4, 0.5) is 0 Å². The molecule has 0 spiro atoms. The second-order valence-electron chi connectivity index (χ2n) is 3.63. The van der Waals surface area contributed by atoms with Crippen LogP contribution in [-0.4, -0.2) is 70.4 Å². The minimum Gasteiger partial charge on any atom is -0.394 e. The van der Waals surface area contributed by atoms with Gasteiger partial charge in [0.1, 0.15) is 5.78 Å². The minimum absolute atomic E-state index is 0.0345. The van der Waals surface area contributed by atoms with Gasteiger partial charge in [-0.1, -0.05) is 0 Å². The van der Waals surface area contributed by atoms with Gasteiger partial charge in [0.15, 0.2) is 0 Å². The standard InChI is InChI=1S/C12H24O6/c1-12(14)2-4-15-6-8-17-10-11-18-9-7-16-5-3-13/h13H,2-11H2,1H3. The fraction of sp³-hybridized carbons (Fsp3) is 0.917. The predicted molar refractivity (Wildman–Crippen MR) is 65.7 cm³/mol. The van der Waals surface area contributed by atoms with Crippen molar-refractivity contribution in [2.45, 2.75) is 13.3 Å². The van der Waals surface area contributed by atoms with E-state index in [-0.39, 0.29) is 12.4 Å². The molecule has 6 heteroatoms. The smallest absolute Gasteiger partial charge is 0.132 e. The number of aliphatic hydroxyl groups is 1. The average Bonchev–Trinajstić information content (AvgIpc) is 2.34. The van der Waals surface area contributed by atoms with E-state index in [0.717, 1.165) is 0 Å². The van der Waals surface area contributed by atoms with Crippen LogP contribution < -0.4 is 0 Å². The van der Waals surface area contributed by atoms with E-state index in [9.17, 15) is 4.79 Å². The SMILES string of the molecule is CC(=O)CCOCCOCCOCCOCCO. The van der Waals surface area contributed by atoms with Gasteiger partial charge in [-0.3, -0.25) is 4.79 Å². The maximum Gasteiger partial charge on any atom is 0.132 e. The number of ether oxygens (including phenoxy) is 4. The van der Waals surface area contributed by atoms with Crippen LogP contribution in [0.2, 0.25) is 0 Å². The first-order chi connectivity index (χ1) is 8.77. The highest BCUT2D eigenvalue weighted by atomic mass is 16.6. The molecule has 0 atom stereocenters. The molecule has 0 aliphatic heterocycles. The quantitative estimate of drug-likeness (QED) is 0.446. The van der Waals surface area contributed by atoms with Crippen molar-refractivity contribution in [3.8, 4) is 0 Å². The van der Waals surface area contributed by atoms with Gasteiger partial charge in [0.05, 0.1) is 59.5 Å². The molecule has 0 aromatic rings. The number of carbonyl (C=O) groups is 1. The molecule has 18 heavy (non-hydrogen) atoms. The van der Waals surface area contributed by atoms with Gasteiger partial charge in [-0.25, -0.2) is 0 Å². The number of carbonyl (C=O) groups excluding carboxylic acids is 1. The molecule has 0 aromatic heterocycles. The number of ketones is 1. The van der Waals surface area contributed by atoms with Crippen LogP contribution in [0.5, 0.6) is 0 Å². The lowest BCUT2D eigenvalue weighted by Gasteiger charge is -2.06. The van der Waals surface area contributed by atoms with E-state index in [1.165, 1.54) is 0 Å². The summed E-state index contributed by atoms with van der Waals surface area (Å²) in [5.74, 6) is 0.132. The topological polar surface area (TPSA) is 74.2 Å². The number of aliphatic hydroxyl groups excluding tert-OH is 1. The summed E-state index contributed by atoms with van der Waals surface area (Å²) >= 11 is 0. The first kappa shape index (κ1) is 17.5. The Morgan fingerprint density at radius 2 is 1.17 bits per heavy atom. The van der Waals surface area contributed by atoms with Crippen LogP contribution in [0.25, 0.3) is 0 Å². The zero-order valence-corrected chi connectivity index (χ0v) is 11.1. The lowest BCUT2D eigenvalue weighted by atomic mass is 10.3. The summed E-state index contributed by atoms with van der Waals surface area (Å²) in [5.41, 5.74) is 0. The highest BCUT2D eigenvalue weighted by Gasteiger charge is 1.94. The lowest BCUT2D eigenvalue weighted by Crippen LogP contribution is -2.13. The number of Topliss-reactive ketones (excluding diaryl/α,β-unsaturated/α-hetero) is 1. The Hall–Kier alpha value is -0.530. The van der Waals surface area contributed by atoms with Gasteiger partial charge in [-0.15, -0.1) is 0 Å². The third-order valence-corrected chi connectivity index (χ3v) is 1.95. The highest BCUT2D eigenvalue weighted by molar-refractivity contribution is 5.75. The Bertz CT molecular complexity index is 185. The summed E-state index contributed by atoms with van der Waals surface area (Å²) in [5, 5.41) is 8.44. The van der Waals surface area contributed by atoms with E-state index >= 15 is 0 Å². The fourth-order valence-electron chi connectivity index (χ4n) is 1.04. The molecule has 0 rings (SSSR count). The van der Waals surface area contributed by atoms with Crippen LogP contribution in [0.3, 0.4) is 0 Å². The van der Waals surface area contributed by atoms with Crippen LogP contribution in [0, 0.1) is 0 Å². The molecular formula is C12H24O6. The van der Waals surface area contributed by atoms with Crippen molar-refractivity contribution in [1.82, 2.24) is 0 Å². The fourth-order valence-corrected chi connectivity index (χ4v) is 1.04. The summed E-state index contributed by atoms with van der Waals surface area (Å²) in [6, 6.07) is 0. The van der Waals surface area contributed by atoms with Crippen molar-refractivity contribution in [2.24, 2.45) is 0 Å². The molecule has 0 saturated heterocycles. The molecule has 0 saturated carbocycles. The first-order valence-electron chi connectivity index (χ1n) is 6.18. The highest BCUT2D eigenvalue weighted by Crippen LogP contribution is 1.86. The van der Waals surface area contributed by atoms with Crippen molar-refractivity contribution < 1.29 is 28.8 Å². The van der Waals surface area contributed by atoms with E-state index in [1.807, 2.05) is 0 Å². The van der Waals surface area contributed by atoms with Crippen molar-refractivity contribution in [1.29, 1.82) is 0 Å². The maximum absolute atomic E-state index is 10.6. The van der Waals surface area contributed by atoms with Gasteiger partial charge in [-0.05, 0) is 6.92 Å². The predicted octanol–water partition coefficient (Wildman–Crippen LogP) is 0.0242. The average molecular weight is 264 g/mol. The molecule has 0 bridgehead atoms. The molecule has 0 heterocycles. The Kier molecular flexibility index (Phi) is 14.1. The molecule has 0 radical (unpaired) electrons. The summed E-state index contributed by atoms with van der Waals surface area (Å²) in [7, 11) is 0. The molecule has 0 amide bonds. The van der Waals surface area contributed by atoms with Crippen LogP contribution in [0.15, 0.2) is 0 Å². The summed E-state index contributed by atoms with van der Waals surface area (Å²) < 4.78 is 20.7. The van der Waals surface area contributed by atoms with Gasteiger partial charge in [-0.2, -0.15) is 0 Å². The molecule has 0 unspecified atom stereocenters. The van der Waals surface area contributed by atoms with Crippen molar-refractivity contribution >= 4 is 5.78 Å². The van der Waals surface area contributed by atoms with Crippen molar-refractivity contribution in [3.63, 3.8) is 0 Å². The number of hydrogen-bond acceptors (Lipinski definition) is 6. The Labute approximate surface area is 108 Å². The molecule has 0 fully saturated rings. The zero-order valence-electron chi connectivity index (χ0n) is 11.1. The minimum atomic E-state index is 0.0345. The largest absolute Gasteiger partial charge is 0.394 e. The second-order valence-corrected chi connectivity index (χ2v) is 3.63. The second kappa shape index (κ2) is 14.5. The van der Waals surface area contributed by atoms with Crippen LogP contribution >= 0.6 is 0 Å². The summed E-state index contributed by atoms with van der Waals surface area (Å²) in [6.45, 7) is 5.37. The van der Waals surface area contributed by atoms with E-state index in [0.29, 0.717) is 59.3 Å². The first-order valence-corrected chi connectivity index (χ1v) is 6.18. The number of hydrogen-bond donors (Lipinski definition) is 1. The maximum atomic E-state index is 10.6. The van der Waals surface area contributed by atoms with Gasteiger partial charge >= 0.3 is 0 Å². The van der Waals surface area contributed by atoms with Crippen molar-refractivity contribution in [2.75, 3.05) is 59.5 Å². The third-order valence-electron chi connectivity index (χ3n) is 1.95. The van der Waals surface area contributed by atoms with Crippen LogP contribution in [0.1, 0.15) is 13.3 Å². The monoisotopic (exact) mass is 264 g/mol. The zero-order chi connectivity index (χ0) is 13.5. The normalized spacial score (nSPS) is 10.8. The van der Waals surface area contributed by atoms with E-state index < -0.39 is 0 Å². The molecule has 0 aliphatic carbocycles.